The lowest BCUT2D eigenvalue weighted by Gasteiger charge is -2.21. The Bertz CT molecular complexity index is 709. The first kappa shape index (κ1) is 14.0. The molecule has 0 saturated carbocycles. The first-order valence-electron chi connectivity index (χ1n) is 5.85. The largest absolute Gasteiger partial charge is 0.548 e. The monoisotopic (exact) mass is 371 g/mol. The SMILES string of the molecule is CCC(C(=O)[O-])n1c(C)nc2ccc(I)cc2c1=O. The van der Waals surface area contributed by atoms with Gasteiger partial charge in [-0.3, -0.25) is 9.36 Å². The van der Waals surface area contributed by atoms with Crippen molar-refractivity contribution in [3.05, 3.63) is 37.9 Å². The smallest absolute Gasteiger partial charge is 0.262 e. The summed E-state index contributed by atoms with van der Waals surface area (Å²) in [4.78, 5) is 27.9. The van der Waals surface area contributed by atoms with Gasteiger partial charge in [0.25, 0.3) is 5.56 Å². The Labute approximate surface area is 123 Å². The molecule has 0 bridgehead atoms. The summed E-state index contributed by atoms with van der Waals surface area (Å²) in [6.45, 7) is 3.33. The molecule has 0 aliphatic carbocycles. The van der Waals surface area contributed by atoms with Crippen LogP contribution in [0, 0.1) is 10.5 Å². The first-order chi connectivity index (χ1) is 8.95. The predicted octanol–water partition coefficient (Wildman–Crippen LogP) is 1.01. The highest BCUT2D eigenvalue weighted by molar-refractivity contribution is 14.1. The van der Waals surface area contributed by atoms with Gasteiger partial charge in [0, 0.05) is 3.57 Å². The van der Waals surface area contributed by atoms with E-state index >= 15 is 0 Å². The number of carbonyl (C=O) groups excluding carboxylic acids is 1. The molecule has 0 aliphatic rings. The van der Waals surface area contributed by atoms with Gasteiger partial charge in [-0.1, -0.05) is 6.92 Å². The Morgan fingerprint density at radius 2 is 2.21 bits per heavy atom. The number of aryl methyl sites for hydroxylation is 1. The highest BCUT2D eigenvalue weighted by Crippen LogP contribution is 2.16. The molecule has 2 aromatic rings. The molecule has 6 heteroatoms. The normalized spacial score (nSPS) is 12.6. The van der Waals surface area contributed by atoms with E-state index in [1.54, 1.807) is 26.0 Å². The molecule has 0 spiro atoms. The summed E-state index contributed by atoms with van der Waals surface area (Å²) in [5.74, 6) is -0.880. The summed E-state index contributed by atoms with van der Waals surface area (Å²) in [5, 5.41) is 11.6. The van der Waals surface area contributed by atoms with Gasteiger partial charge in [0.1, 0.15) is 5.82 Å². The van der Waals surface area contributed by atoms with E-state index in [1.807, 2.05) is 6.07 Å². The van der Waals surface area contributed by atoms with E-state index in [0.717, 1.165) is 3.57 Å². The maximum atomic E-state index is 12.4. The molecule has 5 nitrogen and oxygen atoms in total. The van der Waals surface area contributed by atoms with Gasteiger partial charge in [-0.2, -0.15) is 0 Å². The Balaban J connectivity index is 2.81. The average molecular weight is 371 g/mol. The third-order valence-electron chi connectivity index (χ3n) is 3.01. The number of hydrogen-bond acceptors (Lipinski definition) is 4. The number of carbonyl (C=O) groups is 1. The lowest BCUT2D eigenvalue weighted by molar-refractivity contribution is -0.310. The average Bonchev–Trinajstić information content (AvgIpc) is 2.35. The molecule has 0 aliphatic heterocycles. The quantitative estimate of drug-likeness (QED) is 0.755. The number of hydrogen-bond donors (Lipinski definition) is 0. The summed E-state index contributed by atoms with van der Waals surface area (Å²) in [7, 11) is 0. The van der Waals surface area contributed by atoms with E-state index in [4.69, 9.17) is 0 Å². The highest BCUT2D eigenvalue weighted by atomic mass is 127. The van der Waals surface area contributed by atoms with Gasteiger partial charge in [-0.25, -0.2) is 4.98 Å². The van der Waals surface area contributed by atoms with E-state index in [-0.39, 0.29) is 12.0 Å². The molecule has 2 rings (SSSR count). The fourth-order valence-electron chi connectivity index (χ4n) is 2.10. The highest BCUT2D eigenvalue weighted by Gasteiger charge is 2.17. The van der Waals surface area contributed by atoms with Crippen molar-refractivity contribution in [2.45, 2.75) is 26.3 Å². The Morgan fingerprint density at radius 3 is 2.79 bits per heavy atom. The van der Waals surface area contributed by atoms with Crippen LogP contribution in [-0.2, 0) is 4.79 Å². The zero-order valence-corrected chi connectivity index (χ0v) is 12.7. The number of carboxylic acid groups (broad SMARTS) is 1. The fraction of sp³-hybridized carbons (Fsp3) is 0.308. The van der Waals surface area contributed by atoms with Gasteiger partial charge < -0.3 is 9.90 Å². The molecule has 1 unspecified atom stereocenters. The molecule has 1 aromatic heterocycles. The van der Waals surface area contributed by atoms with Crippen molar-refractivity contribution in [2.24, 2.45) is 0 Å². The third-order valence-corrected chi connectivity index (χ3v) is 3.68. The van der Waals surface area contributed by atoms with E-state index in [9.17, 15) is 14.7 Å². The van der Waals surface area contributed by atoms with Crippen LogP contribution in [-0.4, -0.2) is 15.5 Å². The number of benzene rings is 1. The summed E-state index contributed by atoms with van der Waals surface area (Å²) >= 11 is 2.10. The summed E-state index contributed by atoms with van der Waals surface area (Å²) in [6.07, 6.45) is 0.278. The lowest BCUT2D eigenvalue weighted by atomic mass is 10.2. The van der Waals surface area contributed by atoms with E-state index < -0.39 is 12.0 Å². The second-order valence-corrected chi connectivity index (χ2v) is 5.48. The second kappa shape index (κ2) is 5.28. The molecule has 0 amide bonds. The molecule has 1 aromatic carbocycles. The molecular formula is C13H12IN2O3-. The molecule has 1 atom stereocenters. The fourth-order valence-corrected chi connectivity index (χ4v) is 2.59. The van der Waals surface area contributed by atoms with Crippen LogP contribution in [0.25, 0.3) is 10.9 Å². The maximum Gasteiger partial charge on any atom is 0.262 e. The number of nitrogens with zero attached hydrogens (tertiary/aromatic N) is 2. The Hall–Kier alpha value is -1.44. The van der Waals surface area contributed by atoms with Gasteiger partial charge in [0.15, 0.2) is 0 Å². The van der Waals surface area contributed by atoms with E-state index in [2.05, 4.69) is 27.6 Å². The number of carboxylic acids is 1. The van der Waals surface area contributed by atoms with Gasteiger partial charge in [0.05, 0.1) is 22.9 Å². The summed E-state index contributed by atoms with van der Waals surface area (Å²) < 4.78 is 2.11. The number of aromatic nitrogens is 2. The Morgan fingerprint density at radius 1 is 1.53 bits per heavy atom. The number of fused-ring (bicyclic) bond motifs is 1. The zero-order chi connectivity index (χ0) is 14.2. The van der Waals surface area contributed by atoms with E-state index in [0.29, 0.717) is 16.7 Å². The number of rotatable bonds is 3. The van der Waals surface area contributed by atoms with Crippen LogP contribution >= 0.6 is 22.6 Å². The maximum absolute atomic E-state index is 12.4. The van der Waals surface area contributed by atoms with Gasteiger partial charge >= 0.3 is 0 Å². The molecular weight excluding hydrogens is 359 g/mol. The van der Waals surface area contributed by atoms with Crippen molar-refractivity contribution in [3.63, 3.8) is 0 Å². The minimum absolute atomic E-state index is 0.278. The van der Waals surface area contributed by atoms with Crippen LogP contribution in [0.1, 0.15) is 25.2 Å². The third kappa shape index (κ3) is 2.49. The molecule has 0 radical (unpaired) electrons. The standard InChI is InChI=1S/C13H13IN2O3/c1-3-11(13(18)19)16-7(2)15-10-5-4-8(14)6-9(10)12(16)17/h4-6,11H,3H2,1-2H3,(H,18,19)/p-1. The Kier molecular flexibility index (Phi) is 3.88. The van der Waals surface area contributed by atoms with Gasteiger partial charge in [0.2, 0.25) is 0 Å². The van der Waals surface area contributed by atoms with Crippen molar-refractivity contribution in [1.29, 1.82) is 0 Å². The van der Waals surface area contributed by atoms with Gasteiger partial charge in [-0.05, 0) is 54.1 Å². The first-order valence-corrected chi connectivity index (χ1v) is 6.92. The molecule has 0 saturated heterocycles. The van der Waals surface area contributed by atoms with Crippen LogP contribution in [0.4, 0.5) is 0 Å². The molecule has 0 N–H and O–H groups in total. The topological polar surface area (TPSA) is 75.0 Å². The van der Waals surface area contributed by atoms with Crippen molar-refractivity contribution in [1.82, 2.24) is 9.55 Å². The zero-order valence-electron chi connectivity index (χ0n) is 10.5. The lowest BCUT2D eigenvalue weighted by Crippen LogP contribution is -2.39. The van der Waals surface area contributed by atoms with Crippen LogP contribution in [0.3, 0.4) is 0 Å². The number of halogens is 1. The van der Waals surface area contributed by atoms with Crippen LogP contribution in [0.5, 0.6) is 0 Å². The minimum atomic E-state index is -1.26. The summed E-state index contributed by atoms with van der Waals surface area (Å²) in [6, 6.07) is 4.34. The van der Waals surface area contributed by atoms with Crippen LogP contribution in [0.2, 0.25) is 0 Å². The van der Waals surface area contributed by atoms with Crippen LogP contribution < -0.4 is 10.7 Å². The minimum Gasteiger partial charge on any atom is -0.548 e. The molecule has 19 heavy (non-hydrogen) atoms. The van der Waals surface area contributed by atoms with Gasteiger partial charge in [-0.15, -0.1) is 0 Å². The molecule has 100 valence electrons. The predicted molar refractivity (Wildman–Crippen MR) is 77.8 cm³/mol. The number of aliphatic carboxylic acids is 1. The van der Waals surface area contributed by atoms with E-state index in [1.165, 1.54) is 4.57 Å². The van der Waals surface area contributed by atoms with Crippen molar-refractivity contribution >= 4 is 39.5 Å². The van der Waals surface area contributed by atoms with Crippen molar-refractivity contribution in [3.8, 4) is 0 Å². The van der Waals surface area contributed by atoms with Crippen molar-refractivity contribution < 1.29 is 9.90 Å². The second-order valence-electron chi connectivity index (χ2n) is 4.24. The van der Waals surface area contributed by atoms with Crippen LogP contribution in [0.15, 0.2) is 23.0 Å². The van der Waals surface area contributed by atoms with Crippen molar-refractivity contribution in [2.75, 3.05) is 0 Å². The molecule has 1 heterocycles. The molecule has 0 fully saturated rings. The summed E-state index contributed by atoms with van der Waals surface area (Å²) in [5.41, 5.74) is 0.240.